The van der Waals surface area contributed by atoms with E-state index >= 15 is 0 Å². The topological polar surface area (TPSA) is 84.9 Å². The van der Waals surface area contributed by atoms with E-state index in [9.17, 15) is 14.4 Å². The third-order valence-corrected chi connectivity index (χ3v) is 4.53. The SMILES string of the molecule is C[C@@H]1CN(C(=O)COC(=O)c2ccccc2NC(=O)c2ccccc2)C[C@@H](C)O1. The number of ether oxygens (including phenoxy) is 2. The maximum atomic E-state index is 12.5. The van der Waals surface area contributed by atoms with Crippen LogP contribution < -0.4 is 5.32 Å². The van der Waals surface area contributed by atoms with Crippen LogP contribution >= 0.6 is 0 Å². The lowest BCUT2D eigenvalue weighted by molar-refractivity contribution is -0.146. The number of hydrogen-bond acceptors (Lipinski definition) is 5. The second-order valence-electron chi connectivity index (χ2n) is 7.00. The smallest absolute Gasteiger partial charge is 0.340 e. The summed E-state index contributed by atoms with van der Waals surface area (Å²) in [7, 11) is 0. The van der Waals surface area contributed by atoms with Gasteiger partial charge in [-0.05, 0) is 38.1 Å². The summed E-state index contributed by atoms with van der Waals surface area (Å²) in [6.45, 7) is 4.36. The van der Waals surface area contributed by atoms with Crippen molar-refractivity contribution in [2.75, 3.05) is 25.0 Å². The average molecular weight is 396 g/mol. The molecule has 1 fully saturated rings. The summed E-state index contributed by atoms with van der Waals surface area (Å²) in [5, 5.41) is 2.72. The molecule has 0 aromatic heterocycles. The van der Waals surface area contributed by atoms with Crippen molar-refractivity contribution in [3.8, 4) is 0 Å². The Morgan fingerprint density at radius 1 is 1.00 bits per heavy atom. The fourth-order valence-electron chi connectivity index (χ4n) is 3.23. The number of anilines is 1. The predicted molar refractivity (Wildman–Crippen MR) is 108 cm³/mol. The van der Waals surface area contributed by atoms with Gasteiger partial charge < -0.3 is 19.7 Å². The molecular formula is C22H24N2O5. The van der Waals surface area contributed by atoms with Gasteiger partial charge in [0.1, 0.15) is 0 Å². The first-order chi connectivity index (χ1) is 13.9. The minimum atomic E-state index is -0.670. The molecule has 29 heavy (non-hydrogen) atoms. The molecule has 7 heteroatoms. The molecule has 0 bridgehead atoms. The van der Waals surface area contributed by atoms with Crippen molar-refractivity contribution in [3.05, 3.63) is 65.7 Å². The van der Waals surface area contributed by atoms with Crippen LogP contribution in [0.1, 0.15) is 34.6 Å². The second kappa shape index (κ2) is 9.34. The van der Waals surface area contributed by atoms with Crippen molar-refractivity contribution in [2.45, 2.75) is 26.1 Å². The molecule has 2 aromatic rings. The molecule has 1 heterocycles. The number of esters is 1. The van der Waals surface area contributed by atoms with Crippen molar-refractivity contribution < 1.29 is 23.9 Å². The fraction of sp³-hybridized carbons (Fsp3) is 0.318. The Kier molecular flexibility index (Phi) is 6.61. The molecule has 3 rings (SSSR count). The normalized spacial score (nSPS) is 18.8. The monoisotopic (exact) mass is 396 g/mol. The third kappa shape index (κ3) is 5.42. The summed E-state index contributed by atoms with van der Waals surface area (Å²) in [4.78, 5) is 38.9. The highest BCUT2D eigenvalue weighted by molar-refractivity contribution is 6.08. The van der Waals surface area contributed by atoms with Crippen LogP contribution in [0.5, 0.6) is 0 Å². The van der Waals surface area contributed by atoms with Crippen molar-refractivity contribution in [2.24, 2.45) is 0 Å². The summed E-state index contributed by atoms with van der Waals surface area (Å²) in [6.07, 6.45) is -0.125. The predicted octanol–water partition coefficient (Wildman–Crippen LogP) is 2.73. The van der Waals surface area contributed by atoms with Gasteiger partial charge in [0.2, 0.25) is 0 Å². The lowest BCUT2D eigenvalue weighted by Crippen LogP contribution is -2.49. The van der Waals surface area contributed by atoms with Crippen molar-refractivity contribution in [3.63, 3.8) is 0 Å². The van der Waals surface area contributed by atoms with Crippen molar-refractivity contribution in [1.29, 1.82) is 0 Å². The van der Waals surface area contributed by atoms with Gasteiger partial charge in [0, 0.05) is 18.7 Å². The highest BCUT2D eigenvalue weighted by Crippen LogP contribution is 2.18. The number of benzene rings is 2. The molecule has 2 amide bonds. The minimum Gasteiger partial charge on any atom is -0.452 e. The Hall–Kier alpha value is -3.19. The van der Waals surface area contributed by atoms with Crippen LogP contribution in [0, 0.1) is 0 Å². The molecule has 2 aromatic carbocycles. The molecule has 0 aliphatic carbocycles. The molecule has 1 saturated heterocycles. The zero-order chi connectivity index (χ0) is 20.8. The van der Waals surface area contributed by atoms with E-state index in [0.717, 1.165) is 0 Å². The van der Waals surface area contributed by atoms with Gasteiger partial charge in [0.05, 0.1) is 23.5 Å². The molecule has 0 unspecified atom stereocenters. The molecule has 1 aliphatic rings. The number of amides is 2. The summed E-state index contributed by atoms with van der Waals surface area (Å²) >= 11 is 0. The maximum Gasteiger partial charge on any atom is 0.340 e. The van der Waals surface area contributed by atoms with Crippen molar-refractivity contribution in [1.82, 2.24) is 4.90 Å². The van der Waals surface area contributed by atoms with Gasteiger partial charge in [0.25, 0.3) is 11.8 Å². The van der Waals surface area contributed by atoms with E-state index in [2.05, 4.69) is 5.32 Å². The highest BCUT2D eigenvalue weighted by atomic mass is 16.5. The van der Waals surface area contributed by atoms with E-state index < -0.39 is 5.97 Å². The van der Waals surface area contributed by atoms with E-state index in [1.807, 2.05) is 19.9 Å². The largest absolute Gasteiger partial charge is 0.452 e. The maximum absolute atomic E-state index is 12.5. The van der Waals surface area contributed by atoms with Gasteiger partial charge in [-0.2, -0.15) is 0 Å². The summed E-state index contributed by atoms with van der Waals surface area (Å²) in [5.74, 6) is -1.28. The summed E-state index contributed by atoms with van der Waals surface area (Å²) < 4.78 is 10.8. The molecule has 1 aliphatic heterocycles. The minimum absolute atomic E-state index is 0.0627. The molecule has 7 nitrogen and oxygen atoms in total. The number of hydrogen-bond donors (Lipinski definition) is 1. The number of nitrogens with zero attached hydrogens (tertiary/aromatic N) is 1. The van der Waals surface area contributed by atoms with Gasteiger partial charge in [-0.1, -0.05) is 30.3 Å². The van der Waals surface area contributed by atoms with Gasteiger partial charge in [-0.25, -0.2) is 4.79 Å². The van der Waals surface area contributed by atoms with Crippen LogP contribution in [-0.4, -0.2) is 54.6 Å². The standard InChI is InChI=1S/C22H24N2O5/c1-15-12-24(13-16(2)29-15)20(25)14-28-22(27)18-10-6-7-11-19(18)23-21(26)17-8-4-3-5-9-17/h3-11,15-16H,12-14H2,1-2H3,(H,23,26)/t15-,16-/m1/s1. The molecule has 152 valence electrons. The number of nitrogens with one attached hydrogen (secondary N) is 1. The molecular weight excluding hydrogens is 372 g/mol. The fourth-order valence-corrected chi connectivity index (χ4v) is 3.23. The van der Waals surface area contributed by atoms with Gasteiger partial charge in [-0.3, -0.25) is 9.59 Å². The second-order valence-corrected chi connectivity index (χ2v) is 7.00. The van der Waals surface area contributed by atoms with Crippen molar-refractivity contribution >= 4 is 23.5 Å². The van der Waals surface area contributed by atoms with E-state index in [-0.39, 0.29) is 36.2 Å². The number of para-hydroxylation sites is 1. The quantitative estimate of drug-likeness (QED) is 0.786. The number of carbonyl (C=O) groups is 3. The number of carbonyl (C=O) groups excluding carboxylic acids is 3. The molecule has 0 radical (unpaired) electrons. The lowest BCUT2D eigenvalue weighted by atomic mass is 10.1. The Bertz CT molecular complexity index is 874. The van der Waals surface area contributed by atoms with E-state index in [0.29, 0.717) is 24.3 Å². The lowest BCUT2D eigenvalue weighted by Gasteiger charge is -2.35. The van der Waals surface area contributed by atoms with Gasteiger partial charge >= 0.3 is 5.97 Å². The Balaban J connectivity index is 1.62. The van der Waals surface area contributed by atoms with Gasteiger partial charge in [-0.15, -0.1) is 0 Å². The van der Waals surface area contributed by atoms with E-state index in [4.69, 9.17) is 9.47 Å². The average Bonchev–Trinajstić information content (AvgIpc) is 2.72. The first kappa shape index (κ1) is 20.5. The van der Waals surface area contributed by atoms with Crippen LogP contribution in [-0.2, 0) is 14.3 Å². The molecule has 0 saturated carbocycles. The zero-order valence-corrected chi connectivity index (χ0v) is 16.5. The molecule has 1 N–H and O–H groups in total. The third-order valence-electron chi connectivity index (χ3n) is 4.53. The van der Waals surface area contributed by atoms with E-state index in [1.165, 1.54) is 0 Å². The first-order valence-corrected chi connectivity index (χ1v) is 9.50. The zero-order valence-electron chi connectivity index (χ0n) is 16.5. The van der Waals surface area contributed by atoms with Crippen LogP contribution in [0.15, 0.2) is 54.6 Å². The summed E-state index contributed by atoms with van der Waals surface area (Å²) in [6, 6.07) is 15.2. The number of rotatable bonds is 5. The van der Waals surface area contributed by atoms with Crippen LogP contribution in [0.3, 0.4) is 0 Å². The highest BCUT2D eigenvalue weighted by Gasteiger charge is 2.26. The first-order valence-electron chi connectivity index (χ1n) is 9.50. The molecule has 0 spiro atoms. The Morgan fingerprint density at radius 2 is 1.62 bits per heavy atom. The van der Waals surface area contributed by atoms with Crippen LogP contribution in [0.2, 0.25) is 0 Å². The van der Waals surface area contributed by atoms with Crippen LogP contribution in [0.4, 0.5) is 5.69 Å². The van der Waals surface area contributed by atoms with E-state index in [1.54, 1.807) is 53.4 Å². The summed E-state index contributed by atoms with van der Waals surface area (Å²) in [5.41, 5.74) is 0.988. The number of morpholine rings is 1. The van der Waals surface area contributed by atoms with Gasteiger partial charge in [0.15, 0.2) is 6.61 Å². The molecule has 2 atom stereocenters. The Morgan fingerprint density at radius 3 is 2.31 bits per heavy atom. The van der Waals surface area contributed by atoms with Crippen LogP contribution in [0.25, 0.3) is 0 Å². The Labute approximate surface area is 169 Å².